The summed E-state index contributed by atoms with van der Waals surface area (Å²) in [6.45, 7) is 3.94. The second-order valence-corrected chi connectivity index (χ2v) is 6.81. The Morgan fingerprint density at radius 2 is 1.81 bits per heavy atom. The number of halogens is 2. The monoisotopic (exact) mass is 408 g/mol. The highest BCUT2D eigenvalue weighted by Crippen LogP contribution is 2.32. The van der Waals surface area contributed by atoms with Gasteiger partial charge in [-0.25, -0.2) is 0 Å². The van der Waals surface area contributed by atoms with Crippen molar-refractivity contribution < 1.29 is 14.3 Å². The molecule has 1 unspecified atom stereocenters. The third kappa shape index (κ3) is 6.45. The lowest BCUT2D eigenvalue weighted by Crippen LogP contribution is -2.35. The number of amides is 2. The predicted molar refractivity (Wildman–Crippen MR) is 108 cm³/mol. The number of hydrogen-bond donors (Lipinski definition) is 2. The van der Waals surface area contributed by atoms with Crippen LogP contribution in [-0.2, 0) is 16.1 Å². The molecule has 0 saturated carbocycles. The molecule has 0 aromatic heterocycles. The first kappa shape index (κ1) is 21.1. The molecule has 0 aliphatic carbocycles. The van der Waals surface area contributed by atoms with Gasteiger partial charge >= 0.3 is 0 Å². The van der Waals surface area contributed by atoms with Crippen molar-refractivity contribution >= 4 is 40.7 Å². The van der Waals surface area contributed by atoms with Gasteiger partial charge in [0.2, 0.25) is 5.91 Å². The molecule has 1 atom stereocenters. The maximum Gasteiger partial charge on any atom is 0.261 e. The van der Waals surface area contributed by atoms with Crippen LogP contribution >= 0.6 is 23.2 Å². The maximum atomic E-state index is 12.2. The molecule has 0 saturated heterocycles. The van der Waals surface area contributed by atoms with Crippen LogP contribution < -0.4 is 15.4 Å². The van der Waals surface area contributed by atoms with E-state index in [-0.39, 0.29) is 16.8 Å². The van der Waals surface area contributed by atoms with Crippen LogP contribution in [-0.4, -0.2) is 17.9 Å². The Hall–Kier alpha value is -2.24. The Balaban J connectivity index is 1.85. The van der Waals surface area contributed by atoms with Crippen LogP contribution in [0, 0.1) is 0 Å². The molecule has 0 heterocycles. The lowest BCUT2D eigenvalue weighted by Gasteiger charge is -2.16. The average Bonchev–Trinajstić information content (AvgIpc) is 2.64. The number of carbonyl (C=O) groups is 2. The smallest absolute Gasteiger partial charge is 0.261 e. The van der Waals surface area contributed by atoms with Gasteiger partial charge in [0.1, 0.15) is 10.8 Å². The van der Waals surface area contributed by atoms with E-state index in [1.54, 1.807) is 37.3 Å². The fourth-order valence-electron chi connectivity index (χ4n) is 2.31. The predicted octanol–water partition coefficient (Wildman–Crippen LogP) is 4.82. The lowest BCUT2D eigenvalue weighted by atomic mass is 10.2. The number of carbonyl (C=O) groups excluding carboxylic acids is 2. The van der Waals surface area contributed by atoms with Crippen LogP contribution in [0.5, 0.6) is 5.75 Å². The highest BCUT2D eigenvalue weighted by Gasteiger charge is 2.16. The molecule has 0 spiro atoms. The summed E-state index contributed by atoms with van der Waals surface area (Å²) in [6.07, 6.45) is 0.566. The van der Waals surface area contributed by atoms with Crippen molar-refractivity contribution in [1.82, 2.24) is 5.32 Å². The van der Waals surface area contributed by atoms with Gasteiger partial charge in [-0.05, 0) is 43.2 Å². The molecule has 2 rings (SSSR count). The highest BCUT2D eigenvalue weighted by atomic mass is 35.5. The number of ether oxygens (including phenoxy) is 1. The van der Waals surface area contributed by atoms with E-state index in [0.29, 0.717) is 23.7 Å². The van der Waals surface area contributed by atoms with Gasteiger partial charge in [0.15, 0.2) is 6.10 Å². The summed E-state index contributed by atoms with van der Waals surface area (Å²) in [5.41, 5.74) is 1.64. The first-order chi connectivity index (χ1) is 12.9. The summed E-state index contributed by atoms with van der Waals surface area (Å²) in [5.74, 6) is 0.0783. The van der Waals surface area contributed by atoms with Crippen molar-refractivity contribution in [3.63, 3.8) is 0 Å². The van der Waals surface area contributed by atoms with Gasteiger partial charge in [-0.1, -0.05) is 48.3 Å². The molecule has 0 aliphatic rings. The Bertz CT molecular complexity index is 794. The van der Waals surface area contributed by atoms with E-state index < -0.39 is 6.10 Å². The van der Waals surface area contributed by atoms with Gasteiger partial charge in [-0.3, -0.25) is 9.59 Å². The molecule has 0 fully saturated rings. The second-order valence-electron chi connectivity index (χ2n) is 6.02. The summed E-state index contributed by atoms with van der Waals surface area (Å²) in [4.78, 5) is 23.8. The van der Waals surface area contributed by atoms with Crippen molar-refractivity contribution in [2.45, 2.75) is 39.3 Å². The molecule has 2 N–H and O–H groups in total. The van der Waals surface area contributed by atoms with Crippen LogP contribution in [0.4, 0.5) is 5.69 Å². The molecule has 7 heteroatoms. The minimum Gasteiger partial charge on any atom is -0.479 e. The quantitative estimate of drug-likeness (QED) is 0.657. The molecule has 27 heavy (non-hydrogen) atoms. The van der Waals surface area contributed by atoms with E-state index in [1.807, 2.05) is 19.1 Å². The average molecular weight is 409 g/mol. The SMILES string of the molecule is CCCC(=O)Nc1ccc(CNC(=O)C(C)Oc2cccc(Cl)c2Cl)cc1. The van der Waals surface area contributed by atoms with Gasteiger partial charge in [0, 0.05) is 18.7 Å². The first-order valence-corrected chi connectivity index (χ1v) is 9.43. The standard InChI is InChI=1S/C20H22Cl2N2O3/c1-3-5-18(25)24-15-10-8-14(9-11-15)12-23-20(26)13(2)27-17-7-4-6-16(21)19(17)22/h4,6-11,13H,3,5,12H2,1-2H3,(H,23,26)(H,24,25). The van der Waals surface area contributed by atoms with Gasteiger partial charge in [-0.15, -0.1) is 0 Å². The third-order valence-corrected chi connectivity index (χ3v) is 4.57. The first-order valence-electron chi connectivity index (χ1n) is 8.68. The molecule has 5 nitrogen and oxygen atoms in total. The second kappa shape index (κ2) is 10.2. The van der Waals surface area contributed by atoms with Crippen molar-refractivity contribution in [1.29, 1.82) is 0 Å². The van der Waals surface area contributed by atoms with E-state index in [2.05, 4.69) is 10.6 Å². The van der Waals surface area contributed by atoms with E-state index in [4.69, 9.17) is 27.9 Å². The van der Waals surface area contributed by atoms with Crippen LogP contribution in [0.15, 0.2) is 42.5 Å². The normalized spacial score (nSPS) is 11.6. The maximum absolute atomic E-state index is 12.2. The highest BCUT2D eigenvalue weighted by molar-refractivity contribution is 6.42. The topological polar surface area (TPSA) is 67.4 Å². The molecule has 2 amide bonds. The summed E-state index contributed by atoms with van der Waals surface area (Å²) in [7, 11) is 0. The van der Waals surface area contributed by atoms with Crippen LogP contribution in [0.2, 0.25) is 10.0 Å². The summed E-state index contributed by atoms with van der Waals surface area (Å²) in [5, 5.41) is 6.27. The number of benzene rings is 2. The number of rotatable bonds is 8. The number of hydrogen-bond acceptors (Lipinski definition) is 3. The largest absolute Gasteiger partial charge is 0.479 e. The van der Waals surface area contributed by atoms with Crippen molar-refractivity contribution in [2.75, 3.05) is 5.32 Å². The Morgan fingerprint density at radius 3 is 2.48 bits per heavy atom. The van der Waals surface area contributed by atoms with Gasteiger partial charge in [-0.2, -0.15) is 0 Å². The molecular weight excluding hydrogens is 387 g/mol. The zero-order chi connectivity index (χ0) is 19.8. The van der Waals surface area contributed by atoms with Gasteiger partial charge in [0.05, 0.1) is 5.02 Å². The summed E-state index contributed by atoms with van der Waals surface area (Å²) >= 11 is 12.0. The van der Waals surface area contributed by atoms with E-state index in [1.165, 1.54) is 0 Å². The van der Waals surface area contributed by atoms with Crippen LogP contribution in [0.3, 0.4) is 0 Å². The molecular formula is C20H22Cl2N2O3. The van der Waals surface area contributed by atoms with E-state index >= 15 is 0 Å². The Morgan fingerprint density at radius 1 is 1.11 bits per heavy atom. The van der Waals surface area contributed by atoms with Crippen molar-refractivity contribution in [3.05, 3.63) is 58.1 Å². The minimum absolute atomic E-state index is 0.01000. The number of nitrogens with one attached hydrogen (secondary N) is 2. The summed E-state index contributed by atoms with van der Waals surface area (Å²) < 4.78 is 5.59. The Labute approximate surface area is 169 Å². The fourth-order valence-corrected chi connectivity index (χ4v) is 2.64. The zero-order valence-electron chi connectivity index (χ0n) is 15.2. The third-order valence-electron chi connectivity index (χ3n) is 3.77. The molecule has 144 valence electrons. The van der Waals surface area contributed by atoms with Gasteiger partial charge in [0.25, 0.3) is 5.91 Å². The van der Waals surface area contributed by atoms with Crippen molar-refractivity contribution in [3.8, 4) is 5.75 Å². The van der Waals surface area contributed by atoms with Crippen LogP contribution in [0.1, 0.15) is 32.3 Å². The van der Waals surface area contributed by atoms with Crippen LogP contribution in [0.25, 0.3) is 0 Å². The van der Waals surface area contributed by atoms with E-state index in [9.17, 15) is 9.59 Å². The Kier molecular flexibility index (Phi) is 7.95. The van der Waals surface area contributed by atoms with Crippen molar-refractivity contribution in [2.24, 2.45) is 0 Å². The molecule has 0 radical (unpaired) electrons. The number of anilines is 1. The minimum atomic E-state index is -0.728. The summed E-state index contributed by atoms with van der Waals surface area (Å²) in [6, 6.07) is 12.3. The molecule has 0 aliphatic heterocycles. The molecule has 0 bridgehead atoms. The zero-order valence-corrected chi connectivity index (χ0v) is 16.7. The lowest BCUT2D eigenvalue weighted by molar-refractivity contribution is -0.127. The van der Waals surface area contributed by atoms with E-state index in [0.717, 1.165) is 17.7 Å². The molecule has 2 aromatic rings. The van der Waals surface area contributed by atoms with Gasteiger partial charge < -0.3 is 15.4 Å². The molecule has 2 aromatic carbocycles. The fraction of sp³-hybridized carbons (Fsp3) is 0.300.